The molecule has 0 spiro atoms. The van der Waals surface area contributed by atoms with Crippen molar-refractivity contribution in [2.24, 2.45) is 5.84 Å². The minimum atomic E-state index is 0.521. The molecule has 0 aromatic carbocycles. The van der Waals surface area contributed by atoms with Crippen molar-refractivity contribution in [1.29, 1.82) is 0 Å². The summed E-state index contributed by atoms with van der Waals surface area (Å²) in [5, 5.41) is 3.14. The maximum Gasteiger partial charge on any atom is 0.160 e. The van der Waals surface area contributed by atoms with Crippen LogP contribution >= 0.6 is 0 Å². The van der Waals surface area contributed by atoms with Gasteiger partial charge < -0.3 is 10.7 Å². The smallest absolute Gasteiger partial charge is 0.160 e. The van der Waals surface area contributed by atoms with Crippen molar-refractivity contribution in [3.05, 3.63) is 42.0 Å². The van der Waals surface area contributed by atoms with E-state index in [1.807, 2.05) is 19.1 Å². The number of aromatic nitrogens is 3. The van der Waals surface area contributed by atoms with Crippen molar-refractivity contribution >= 4 is 11.6 Å². The van der Waals surface area contributed by atoms with E-state index in [1.54, 1.807) is 18.6 Å². The fourth-order valence-electron chi connectivity index (χ4n) is 1.40. The Bertz CT molecular complexity index is 499. The Morgan fingerprint density at radius 3 is 2.88 bits per heavy atom. The number of anilines is 2. The molecule has 2 aromatic rings. The number of rotatable bonds is 4. The molecule has 0 aliphatic carbocycles. The molecule has 2 heterocycles. The normalized spacial score (nSPS) is 10.0. The molecule has 6 heteroatoms. The minimum absolute atomic E-state index is 0.521. The Balaban J connectivity index is 2.05. The van der Waals surface area contributed by atoms with Crippen molar-refractivity contribution in [3.8, 4) is 0 Å². The molecule has 6 nitrogen and oxygen atoms in total. The molecule has 0 saturated heterocycles. The highest BCUT2D eigenvalue weighted by Gasteiger charge is 2.00. The van der Waals surface area contributed by atoms with E-state index in [1.165, 1.54) is 0 Å². The molecule has 88 valence electrons. The summed E-state index contributed by atoms with van der Waals surface area (Å²) in [6, 6.07) is 3.94. The van der Waals surface area contributed by atoms with Crippen molar-refractivity contribution < 1.29 is 0 Å². The van der Waals surface area contributed by atoms with Crippen molar-refractivity contribution in [1.82, 2.24) is 15.0 Å². The van der Waals surface area contributed by atoms with E-state index >= 15 is 0 Å². The Kier molecular flexibility index (Phi) is 3.46. The predicted octanol–water partition coefficient (Wildman–Crippen LogP) is 1.08. The van der Waals surface area contributed by atoms with E-state index < -0.39 is 0 Å². The van der Waals surface area contributed by atoms with Gasteiger partial charge >= 0.3 is 0 Å². The van der Waals surface area contributed by atoms with E-state index in [9.17, 15) is 0 Å². The van der Waals surface area contributed by atoms with E-state index in [4.69, 9.17) is 5.84 Å². The minimum Gasteiger partial charge on any atom is -0.363 e. The molecule has 2 rings (SSSR count). The molecular weight excluding hydrogens is 216 g/mol. The molecule has 2 aromatic heterocycles. The lowest BCUT2D eigenvalue weighted by atomic mass is 10.2. The van der Waals surface area contributed by atoms with Gasteiger partial charge in [-0.05, 0) is 18.6 Å². The standard InChI is InChI=1S/C11H14N6/c1-8-3-2-4-14-9(8)5-15-10-6-13-7-11(16-10)17-12/h2-4,6-7H,5,12H2,1H3,(H2,15,16,17). The second-order valence-corrected chi connectivity index (χ2v) is 3.55. The molecule has 0 fully saturated rings. The van der Waals surface area contributed by atoms with Crippen LogP contribution < -0.4 is 16.6 Å². The van der Waals surface area contributed by atoms with Crippen LogP contribution in [0.1, 0.15) is 11.3 Å². The van der Waals surface area contributed by atoms with E-state index in [-0.39, 0.29) is 0 Å². The second kappa shape index (κ2) is 5.22. The van der Waals surface area contributed by atoms with Crippen molar-refractivity contribution in [2.75, 3.05) is 10.7 Å². The Morgan fingerprint density at radius 1 is 1.29 bits per heavy atom. The van der Waals surface area contributed by atoms with Crippen LogP contribution in [0.25, 0.3) is 0 Å². The number of nitrogen functional groups attached to an aromatic ring is 1. The molecule has 0 unspecified atom stereocenters. The maximum absolute atomic E-state index is 5.26. The summed E-state index contributed by atoms with van der Waals surface area (Å²) in [6.07, 6.45) is 4.96. The SMILES string of the molecule is Cc1cccnc1CNc1cncc(NN)n1. The topological polar surface area (TPSA) is 88.8 Å². The van der Waals surface area contributed by atoms with Crippen LogP contribution in [0.15, 0.2) is 30.7 Å². The van der Waals surface area contributed by atoms with Crippen LogP contribution in [0.5, 0.6) is 0 Å². The number of pyridine rings is 1. The molecule has 0 amide bonds. The molecular formula is C11H14N6. The average molecular weight is 230 g/mol. The van der Waals surface area contributed by atoms with Crippen LogP contribution in [0.3, 0.4) is 0 Å². The summed E-state index contributed by atoms with van der Waals surface area (Å²) in [6.45, 7) is 2.63. The fourth-order valence-corrected chi connectivity index (χ4v) is 1.40. The molecule has 0 radical (unpaired) electrons. The van der Waals surface area contributed by atoms with Gasteiger partial charge in [0.2, 0.25) is 0 Å². The summed E-state index contributed by atoms with van der Waals surface area (Å²) in [5.41, 5.74) is 4.57. The Hall–Kier alpha value is -2.21. The molecule has 0 atom stereocenters. The number of hydrazine groups is 1. The highest BCUT2D eigenvalue weighted by molar-refractivity contribution is 5.41. The monoisotopic (exact) mass is 230 g/mol. The first-order valence-electron chi connectivity index (χ1n) is 5.22. The fraction of sp³-hybridized carbons (Fsp3) is 0.182. The Morgan fingerprint density at radius 2 is 2.12 bits per heavy atom. The van der Waals surface area contributed by atoms with Gasteiger partial charge in [-0.3, -0.25) is 9.97 Å². The number of nitrogens with one attached hydrogen (secondary N) is 2. The number of nitrogens with zero attached hydrogens (tertiary/aromatic N) is 3. The largest absolute Gasteiger partial charge is 0.363 e. The van der Waals surface area contributed by atoms with Crippen LogP contribution in [-0.2, 0) is 6.54 Å². The van der Waals surface area contributed by atoms with Gasteiger partial charge in [-0.25, -0.2) is 10.8 Å². The third-order valence-corrected chi connectivity index (χ3v) is 2.34. The highest BCUT2D eigenvalue weighted by atomic mass is 15.3. The summed E-state index contributed by atoms with van der Waals surface area (Å²) >= 11 is 0. The quantitative estimate of drug-likeness (QED) is 0.538. The lowest BCUT2D eigenvalue weighted by Crippen LogP contribution is -2.11. The molecule has 0 aliphatic rings. The lowest BCUT2D eigenvalue weighted by Gasteiger charge is -2.07. The molecule has 4 N–H and O–H groups in total. The zero-order valence-corrected chi connectivity index (χ0v) is 9.51. The number of hydrogen-bond acceptors (Lipinski definition) is 6. The zero-order chi connectivity index (χ0) is 12.1. The summed E-state index contributed by atoms with van der Waals surface area (Å²) in [5.74, 6) is 6.44. The Labute approximate surface area is 99.3 Å². The van der Waals surface area contributed by atoms with E-state index in [0.717, 1.165) is 11.3 Å². The zero-order valence-electron chi connectivity index (χ0n) is 9.51. The molecule has 0 aliphatic heterocycles. The number of aryl methyl sites for hydroxylation is 1. The van der Waals surface area contributed by atoms with E-state index in [2.05, 4.69) is 25.7 Å². The third-order valence-electron chi connectivity index (χ3n) is 2.34. The number of nitrogens with two attached hydrogens (primary N) is 1. The maximum atomic E-state index is 5.26. The molecule has 0 bridgehead atoms. The third kappa shape index (κ3) is 2.88. The first-order valence-corrected chi connectivity index (χ1v) is 5.22. The van der Waals surface area contributed by atoms with Gasteiger partial charge in [-0.2, -0.15) is 0 Å². The van der Waals surface area contributed by atoms with Gasteiger partial charge in [0.1, 0.15) is 5.82 Å². The van der Waals surface area contributed by atoms with Crippen LogP contribution in [-0.4, -0.2) is 15.0 Å². The van der Waals surface area contributed by atoms with Gasteiger partial charge in [0.25, 0.3) is 0 Å². The highest BCUT2D eigenvalue weighted by Crippen LogP contribution is 2.08. The first kappa shape index (κ1) is 11.3. The van der Waals surface area contributed by atoms with Crippen molar-refractivity contribution in [3.63, 3.8) is 0 Å². The lowest BCUT2D eigenvalue weighted by molar-refractivity contribution is 0.998. The van der Waals surface area contributed by atoms with E-state index in [0.29, 0.717) is 18.2 Å². The van der Waals surface area contributed by atoms with Gasteiger partial charge in [0, 0.05) is 6.20 Å². The average Bonchev–Trinajstić information content (AvgIpc) is 2.38. The predicted molar refractivity (Wildman–Crippen MR) is 66.1 cm³/mol. The molecule has 0 saturated carbocycles. The van der Waals surface area contributed by atoms with Crippen LogP contribution in [0.4, 0.5) is 11.6 Å². The van der Waals surface area contributed by atoms with Gasteiger partial charge in [-0.1, -0.05) is 6.07 Å². The summed E-state index contributed by atoms with van der Waals surface area (Å²) in [7, 11) is 0. The second-order valence-electron chi connectivity index (χ2n) is 3.55. The summed E-state index contributed by atoms with van der Waals surface area (Å²) < 4.78 is 0. The van der Waals surface area contributed by atoms with Crippen molar-refractivity contribution in [2.45, 2.75) is 13.5 Å². The van der Waals surface area contributed by atoms with Crippen LogP contribution in [0.2, 0.25) is 0 Å². The van der Waals surface area contributed by atoms with Gasteiger partial charge in [0.15, 0.2) is 5.82 Å². The molecule has 17 heavy (non-hydrogen) atoms. The van der Waals surface area contributed by atoms with Gasteiger partial charge in [-0.15, -0.1) is 0 Å². The van der Waals surface area contributed by atoms with Crippen LogP contribution in [0, 0.1) is 6.92 Å². The van der Waals surface area contributed by atoms with Gasteiger partial charge in [0.05, 0.1) is 24.6 Å². The summed E-state index contributed by atoms with van der Waals surface area (Å²) in [4.78, 5) is 12.5. The first-order chi connectivity index (χ1) is 8.29. The number of hydrogen-bond donors (Lipinski definition) is 3.